The van der Waals surface area contributed by atoms with Gasteiger partial charge in [0.1, 0.15) is 17.2 Å². The molecule has 0 saturated carbocycles. The van der Waals surface area contributed by atoms with Gasteiger partial charge in [-0.1, -0.05) is 11.6 Å². The lowest BCUT2D eigenvalue weighted by Crippen LogP contribution is -2.48. The van der Waals surface area contributed by atoms with Crippen LogP contribution in [0.1, 0.15) is 6.92 Å². The van der Waals surface area contributed by atoms with Crippen molar-refractivity contribution < 1.29 is 19.4 Å². The first-order valence-electron chi connectivity index (χ1n) is 11.3. The van der Waals surface area contributed by atoms with Crippen molar-refractivity contribution in [2.75, 3.05) is 49.5 Å². The van der Waals surface area contributed by atoms with Gasteiger partial charge in [0.15, 0.2) is 5.75 Å². The molecule has 1 fully saturated rings. The maximum absolute atomic E-state index is 12.8. The van der Waals surface area contributed by atoms with Crippen LogP contribution in [-0.4, -0.2) is 55.2 Å². The van der Waals surface area contributed by atoms with E-state index in [4.69, 9.17) is 21.1 Å². The second kappa shape index (κ2) is 11.1. The maximum Gasteiger partial charge on any atom is 0.238 e. The average Bonchev–Trinajstić information content (AvgIpc) is 2.83. The molecule has 3 aromatic rings. The van der Waals surface area contributed by atoms with Crippen molar-refractivity contribution >= 4 is 28.9 Å². The van der Waals surface area contributed by atoms with E-state index in [1.807, 2.05) is 43.3 Å². The fourth-order valence-electron chi connectivity index (χ4n) is 3.81. The number of halogens is 1. The summed E-state index contributed by atoms with van der Waals surface area (Å²) in [4.78, 5) is 17.2. The molecule has 7 nitrogen and oxygen atoms in total. The molecule has 1 amide bonds. The summed E-state index contributed by atoms with van der Waals surface area (Å²) in [5.74, 6) is 2.04. The smallest absolute Gasteiger partial charge is 0.238 e. The number of benzene rings is 3. The van der Waals surface area contributed by atoms with Crippen LogP contribution < -0.4 is 19.7 Å². The molecular weight excluding hydrogens is 454 g/mol. The van der Waals surface area contributed by atoms with E-state index in [1.54, 1.807) is 30.3 Å². The van der Waals surface area contributed by atoms with Crippen LogP contribution in [-0.2, 0) is 4.79 Å². The Kier molecular flexibility index (Phi) is 7.77. The van der Waals surface area contributed by atoms with Crippen LogP contribution >= 0.6 is 11.6 Å². The number of hydrogen-bond donors (Lipinski definition) is 2. The fourth-order valence-corrected chi connectivity index (χ4v) is 3.98. The number of nitrogens with one attached hydrogen (secondary N) is 1. The molecule has 8 heteroatoms. The molecule has 0 spiro atoms. The zero-order valence-corrected chi connectivity index (χ0v) is 19.8. The van der Waals surface area contributed by atoms with Gasteiger partial charge in [-0.15, -0.1) is 0 Å². The van der Waals surface area contributed by atoms with Crippen molar-refractivity contribution in [3.63, 3.8) is 0 Å². The lowest BCUT2D eigenvalue weighted by Gasteiger charge is -2.35. The van der Waals surface area contributed by atoms with Crippen LogP contribution in [0, 0.1) is 0 Å². The summed E-state index contributed by atoms with van der Waals surface area (Å²) in [5.41, 5.74) is 1.59. The van der Waals surface area contributed by atoms with Gasteiger partial charge in [0.2, 0.25) is 5.91 Å². The number of phenolic OH excluding ortho intramolecular Hbond substituents is 1. The van der Waals surface area contributed by atoms with Crippen molar-refractivity contribution in [1.82, 2.24) is 4.90 Å². The number of piperazine rings is 1. The van der Waals surface area contributed by atoms with Crippen LogP contribution in [0.25, 0.3) is 0 Å². The highest BCUT2D eigenvalue weighted by Gasteiger charge is 2.20. The number of rotatable bonds is 8. The number of amides is 1. The number of ether oxygens (including phenoxy) is 2. The molecule has 4 rings (SSSR count). The molecule has 3 aromatic carbocycles. The Morgan fingerprint density at radius 1 is 0.971 bits per heavy atom. The number of aromatic hydroxyl groups is 1. The maximum atomic E-state index is 12.8. The van der Waals surface area contributed by atoms with Crippen molar-refractivity contribution in [2.24, 2.45) is 0 Å². The van der Waals surface area contributed by atoms with E-state index >= 15 is 0 Å². The molecule has 0 bridgehead atoms. The van der Waals surface area contributed by atoms with Gasteiger partial charge in [-0.05, 0) is 73.7 Å². The summed E-state index contributed by atoms with van der Waals surface area (Å²) in [7, 11) is 0. The summed E-state index contributed by atoms with van der Waals surface area (Å²) >= 11 is 6.18. The van der Waals surface area contributed by atoms with Gasteiger partial charge in [-0.25, -0.2) is 0 Å². The van der Waals surface area contributed by atoms with Crippen molar-refractivity contribution in [3.8, 4) is 23.0 Å². The number of carbonyl (C=O) groups is 1. The number of phenols is 1. The summed E-state index contributed by atoms with van der Waals surface area (Å²) in [6.45, 7) is 5.95. The van der Waals surface area contributed by atoms with Gasteiger partial charge in [0, 0.05) is 36.9 Å². The Hall–Kier alpha value is -3.42. The molecule has 178 valence electrons. The van der Waals surface area contributed by atoms with Gasteiger partial charge in [0.25, 0.3) is 0 Å². The van der Waals surface area contributed by atoms with Crippen molar-refractivity contribution in [1.29, 1.82) is 0 Å². The van der Waals surface area contributed by atoms with Crippen LogP contribution in [0.3, 0.4) is 0 Å². The van der Waals surface area contributed by atoms with Gasteiger partial charge in [-0.3, -0.25) is 9.69 Å². The van der Waals surface area contributed by atoms with Crippen LogP contribution in [0.5, 0.6) is 23.0 Å². The minimum atomic E-state index is -0.128. The van der Waals surface area contributed by atoms with Gasteiger partial charge >= 0.3 is 0 Å². The fraction of sp³-hybridized carbons (Fsp3) is 0.269. The Bertz CT molecular complexity index is 1100. The first kappa shape index (κ1) is 23.7. The molecule has 1 heterocycles. The minimum Gasteiger partial charge on any atom is -0.508 e. The lowest BCUT2D eigenvalue weighted by atomic mass is 10.2. The number of anilines is 2. The number of nitrogens with zero attached hydrogens (tertiary/aromatic N) is 2. The van der Waals surface area contributed by atoms with Crippen molar-refractivity contribution in [3.05, 3.63) is 71.8 Å². The predicted octanol–water partition coefficient (Wildman–Crippen LogP) is 5.00. The largest absolute Gasteiger partial charge is 0.508 e. The molecule has 2 N–H and O–H groups in total. The SMILES string of the molecule is CCOc1ccc(Oc2ccc(Cl)cc2NC(=O)CN2CCN(c3ccc(O)cc3)CC2)cc1. The Morgan fingerprint density at radius 2 is 1.65 bits per heavy atom. The second-order valence-corrected chi connectivity index (χ2v) is 8.41. The van der Waals surface area contributed by atoms with E-state index in [1.165, 1.54) is 0 Å². The molecule has 0 aliphatic carbocycles. The Morgan fingerprint density at radius 3 is 2.32 bits per heavy atom. The molecular formula is C26H28ClN3O4. The molecule has 0 aromatic heterocycles. The molecule has 0 atom stereocenters. The molecule has 1 saturated heterocycles. The highest BCUT2D eigenvalue weighted by atomic mass is 35.5. The van der Waals surface area contributed by atoms with Gasteiger partial charge in [0.05, 0.1) is 18.8 Å². The highest BCUT2D eigenvalue weighted by Crippen LogP contribution is 2.33. The monoisotopic (exact) mass is 481 g/mol. The Balaban J connectivity index is 1.34. The zero-order chi connectivity index (χ0) is 23.9. The lowest BCUT2D eigenvalue weighted by molar-refractivity contribution is -0.117. The van der Waals surface area contributed by atoms with E-state index in [-0.39, 0.29) is 18.2 Å². The Labute approximate surface area is 204 Å². The van der Waals surface area contributed by atoms with E-state index in [0.29, 0.717) is 28.8 Å². The van der Waals surface area contributed by atoms with Crippen LogP contribution in [0.2, 0.25) is 5.02 Å². The topological polar surface area (TPSA) is 74.3 Å². The molecule has 1 aliphatic heterocycles. The van der Waals surface area contributed by atoms with Crippen molar-refractivity contribution in [2.45, 2.75) is 6.92 Å². The van der Waals surface area contributed by atoms with Gasteiger partial charge in [-0.2, -0.15) is 0 Å². The molecule has 1 aliphatic rings. The van der Waals surface area contributed by atoms with E-state index in [2.05, 4.69) is 15.1 Å². The predicted molar refractivity (Wildman–Crippen MR) is 135 cm³/mol. The summed E-state index contributed by atoms with van der Waals surface area (Å²) in [6.07, 6.45) is 0. The third-order valence-corrected chi connectivity index (χ3v) is 5.77. The first-order chi connectivity index (χ1) is 16.5. The van der Waals surface area contributed by atoms with E-state index < -0.39 is 0 Å². The second-order valence-electron chi connectivity index (χ2n) is 7.97. The molecule has 0 radical (unpaired) electrons. The summed E-state index contributed by atoms with van der Waals surface area (Å²) in [5, 5.41) is 12.9. The minimum absolute atomic E-state index is 0.128. The van der Waals surface area contributed by atoms with E-state index in [9.17, 15) is 9.90 Å². The zero-order valence-electron chi connectivity index (χ0n) is 19.0. The van der Waals surface area contributed by atoms with Crippen LogP contribution in [0.15, 0.2) is 66.7 Å². The molecule has 0 unspecified atom stereocenters. The van der Waals surface area contributed by atoms with E-state index in [0.717, 1.165) is 37.6 Å². The first-order valence-corrected chi connectivity index (χ1v) is 11.6. The third-order valence-electron chi connectivity index (χ3n) is 5.53. The highest BCUT2D eigenvalue weighted by molar-refractivity contribution is 6.31. The molecule has 34 heavy (non-hydrogen) atoms. The third kappa shape index (κ3) is 6.34. The average molecular weight is 482 g/mol. The van der Waals surface area contributed by atoms with Crippen LogP contribution in [0.4, 0.5) is 11.4 Å². The summed E-state index contributed by atoms with van der Waals surface area (Å²) < 4.78 is 11.5. The standard InChI is InChI=1S/C26H28ClN3O4/c1-2-33-22-8-10-23(11-9-22)34-25-12-3-19(27)17-24(25)28-26(32)18-29-13-15-30(16-14-29)20-4-6-21(31)7-5-20/h3-12,17,31H,2,13-16,18H2,1H3,(H,28,32). The number of hydrogen-bond acceptors (Lipinski definition) is 6. The normalized spacial score (nSPS) is 14.0. The summed E-state index contributed by atoms with van der Waals surface area (Å²) in [6, 6.07) is 19.7. The quantitative estimate of drug-likeness (QED) is 0.472. The number of carbonyl (C=O) groups excluding carboxylic acids is 1. The van der Waals surface area contributed by atoms with Gasteiger partial charge < -0.3 is 24.8 Å².